The molecule has 0 aromatic carbocycles. The zero-order chi connectivity index (χ0) is 14.0. The maximum atomic E-state index is 11.2. The summed E-state index contributed by atoms with van der Waals surface area (Å²) in [7, 11) is 1.99. The summed E-state index contributed by atoms with van der Waals surface area (Å²) in [5.41, 5.74) is 1.64. The number of carbonyl (C=O) groups excluding carboxylic acids is 1. The fraction of sp³-hybridized carbons (Fsp3) is 0.533. The van der Waals surface area contributed by atoms with E-state index in [1.807, 2.05) is 13.1 Å². The first-order chi connectivity index (χ1) is 8.49. The minimum absolute atomic E-state index is 0.323. The van der Waals surface area contributed by atoms with Gasteiger partial charge in [0.25, 0.3) is 0 Å². The summed E-state index contributed by atoms with van der Waals surface area (Å²) in [4.78, 5) is 13.3. The Bertz CT molecular complexity index is 318. The molecule has 0 heterocycles. The highest BCUT2D eigenvalue weighted by atomic mass is 16.5. The standard InChI is InChI=1S/C15H25NO2/c1-6-7-8-9-10-14(4)16(5)11-12-18-15(17)13(2)3/h6,10H,1-2,7-9,11-12H2,3-5H3/b14-10-. The number of hydrogen-bond acceptors (Lipinski definition) is 3. The summed E-state index contributed by atoms with van der Waals surface area (Å²) in [6.07, 6.45) is 7.35. The predicted octanol–water partition coefficient (Wildman–Crippen LogP) is 3.30. The summed E-state index contributed by atoms with van der Waals surface area (Å²) >= 11 is 0. The zero-order valence-corrected chi connectivity index (χ0v) is 11.9. The largest absolute Gasteiger partial charge is 0.460 e. The third-order valence-electron chi connectivity index (χ3n) is 2.66. The van der Waals surface area contributed by atoms with Crippen molar-refractivity contribution in [3.8, 4) is 0 Å². The van der Waals surface area contributed by atoms with Crippen molar-refractivity contribution in [3.63, 3.8) is 0 Å². The highest BCUT2D eigenvalue weighted by Gasteiger charge is 2.04. The van der Waals surface area contributed by atoms with E-state index in [0.29, 0.717) is 18.7 Å². The average molecular weight is 251 g/mol. The number of carbonyl (C=O) groups is 1. The van der Waals surface area contributed by atoms with E-state index < -0.39 is 0 Å². The van der Waals surface area contributed by atoms with Gasteiger partial charge in [0.2, 0.25) is 0 Å². The second-order valence-corrected chi connectivity index (χ2v) is 4.40. The van der Waals surface area contributed by atoms with Crippen LogP contribution in [0.25, 0.3) is 0 Å². The van der Waals surface area contributed by atoms with Gasteiger partial charge in [0.15, 0.2) is 0 Å². The average Bonchev–Trinajstić information content (AvgIpc) is 2.33. The normalized spacial score (nSPS) is 10.9. The molecule has 0 amide bonds. The van der Waals surface area contributed by atoms with Crippen LogP contribution < -0.4 is 0 Å². The van der Waals surface area contributed by atoms with E-state index in [1.54, 1.807) is 6.92 Å². The van der Waals surface area contributed by atoms with Crippen LogP contribution in [-0.2, 0) is 9.53 Å². The Morgan fingerprint density at radius 1 is 1.33 bits per heavy atom. The molecule has 0 N–H and O–H groups in total. The first-order valence-electron chi connectivity index (χ1n) is 6.30. The van der Waals surface area contributed by atoms with Gasteiger partial charge in [0.05, 0.1) is 6.54 Å². The Morgan fingerprint density at radius 2 is 2.00 bits per heavy atom. The number of hydrogen-bond donors (Lipinski definition) is 0. The summed E-state index contributed by atoms with van der Waals surface area (Å²) in [5.74, 6) is -0.323. The Balaban J connectivity index is 3.86. The molecule has 3 heteroatoms. The smallest absolute Gasteiger partial charge is 0.333 e. The van der Waals surface area contributed by atoms with Crippen LogP contribution in [0.5, 0.6) is 0 Å². The van der Waals surface area contributed by atoms with Crippen LogP contribution in [0.1, 0.15) is 33.1 Å². The summed E-state index contributed by atoms with van der Waals surface area (Å²) < 4.78 is 5.05. The van der Waals surface area contributed by atoms with E-state index in [2.05, 4.69) is 31.1 Å². The van der Waals surface area contributed by atoms with Crippen LogP contribution in [-0.4, -0.2) is 31.1 Å². The summed E-state index contributed by atoms with van der Waals surface area (Å²) in [6.45, 7) is 12.0. The molecule has 0 atom stereocenters. The van der Waals surface area contributed by atoms with Gasteiger partial charge in [-0.15, -0.1) is 6.58 Å². The molecule has 3 nitrogen and oxygen atoms in total. The molecule has 0 unspecified atom stereocenters. The second-order valence-electron chi connectivity index (χ2n) is 4.40. The minimum atomic E-state index is -0.323. The van der Waals surface area contributed by atoms with Crippen molar-refractivity contribution in [3.05, 3.63) is 36.6 Å². The Kier molecular flexibility index (Phi) is 8.71. The topological polar surface area (TPSA) is 29.5 Å². The fourth-order valence-electron chi connectivity index (χ4n) is 1.30. The molecule has 102 valence electrons. The molecule has 0 saturated carbocycles. The molecule has 0 aromatic rings. The van der Waals surface area contributed by atoms with Crippen LogP contribution in [0.15, 0.2) is 36.6 Å². The van der Waals surface area contributed by atoms with Gasteiger partial charge in [-0.25, -0.2) is 4.79 Å². The van der Waals surface area contributed by atoms with E-state index in [0.717, 1.165) is 19.3 Å². The van der Waals surface area contributed by atoms with Crippen molar-refractivity contribution in [1.82, 2.24) is 4.90 Å². The van der Waals surface area contributed by atoms with Crippen molar-refractivity contribution in [1.29, 1.82) is 0 Å². The lowest BCUT2D eigenvalue weighted by molar-refractivity contribution is -0.139. The van der Waals surface area contributed by atoms with Crippen molar-refractivity contribution in [2.45, 2.75) is 33.1 Å². The SMILES string of the molecule is C=CCCC/C=C(/C)N(C)CCOC(=O)C(=C)C. The molecule has 0 radical (unpaired) electrons. The molecule has 0 aliphatic heterocycles. The van der Waals surface area contributed by atoms with Gasteiger partial charge in [0, 0.05) is 18.3 Å². The maximum Gasteiger partial charge on any atom is 0.333 e. The van der Waals surface area contributed by atoms with Crippen LogP contribution in [0.4, 0.5) is 0 Å². The third kappa shape index (κ3) is 7.71. The van der Waals surface area contributed by atoms with Gasteiger partial charge in [0.1, 0.15) is 6.61 Å². The quantitative estimate of drug-likeness (QED) is 0.272. The summed E-state index contributed by atoms with van der Waals surface area (Å²) in [6, 6.07) is 0. The number of rotatable bonds is 9. The number of allylic oxidation sites excluding steroid dienone is 3. The molecule has 18 heavy (non-hydrogen) atoms. The van der Waals surface area contributed by atoms with E-state index in [4.69, 9.17) is 4.74 Å². The summed E-state index contributed by atoms with van der Waals surface area (Å²) in [5, 5.41) is 0. The number of nitrogens with zero attached hydrogens (tertiary/aromatic N) is 1. The maximum absolute atomic E-state index is 11.2. The van der Waals surface area contributed by atoms with Gasteiger partial charge in [-0.1, -0.05) is 18.7 Å². The van der Waals surface area contributed by atoms with Crippen LogP contribution in [0.2, 0.25) is 0 Å². The Hall–Kier alpha value is -1.51. The van der Waals surface area contributed by atoms with E-state index in [1.165, 1.54) is 5.70 Å². The molecule has 0 saturated heterocycles. The highest BCUT2D eigenvalue weighted by Crippen LogP contribution is 2.05. The first kappa shape index (κ1) is 16.5. The molecule has 0 aromatic heterocycles. The molecule has 0 fully saturated rings. The molecule has 0 spiro atoms. The van der Waals surface area contributed by atoms with Crippen LogP contribution >= 0.6 is 0 Å². The van der Waals surface area contributed by atoms with Gasteiger partial charge in [-0.2, -0.15) is 0 Å². The third-order valence-corrected chi connectivity index (χ3v) is 2.66. The van der Waals surface area contributed by atoms with Gasteiger partial charge >= 0.3 is 5.97 Å². The molecule has 0 aliphatic carbocycles. The van der Waals surface area contributed by atoms with Gasteiger partial charge in [-0.3, -0.25) is 0 Å². The number of likely N-dealkylation sites (N-methyl/N-ethyl adjacent to an activating group) is 1. The van der Waals surface area contributed by atoms with Crippen molar-refractivity contribution < 1.29 is 9.53 Å². The second kappa shape index (κ2) is 9.51. The van der Waals surface area contributed by atoms with E-state index >= 15 is 0 Å². The molecule has 0 bridgehead atoms. The Labute approximate surface area is 111 Å². The van der Waals surface area contributed by atoms with E-state index in [9.17, 15) is 4.79 Å². The fourth-order valence-corrected chi connectivity index (χ4v) is 1.30. The highest BCUT2D eigenvalue weighted by molar-refractivity contribution is 5.86. The molecular formula is C15H25NO2. The van der Waals surface area contributed by atoms with Crippen molar-refractivity contribution in [2.75, 3.05) is 20.2 Å². The van der Waals surface area contributed by atoms with Crippen molar-refractivity contribution >= 4 is 5.97 Å². The van der Waals surface area contributed by atoms with E-state index in [-0.39, 0.29) is 5.97 Å². The molecule has 0 rings (SSSR count). The lowest BCUT2D eigenvalue weighted by Gasteiger charge is -2.19. The van der Waals surface area contributed by atoms with Crippen LogP contribution in [0.3, 0.4) is 0 Å². The Morgan fingerprint density at radius 3 is 2.56 bits per heavy atom. The zero-order valence-electron chi connectivity index (χ0n) is 11.9. The number of esters is 1. The lowest BCUT2D eigenvalue weighted by atomic mass is 10.2. The van der Waals surface area contributed by atoms with Gasteiger partial charge in [-0.05, 0) is 33.1 Å². The van der Waals surface area contributed by atoms with Crippen LogP contribution in [0, 0.1) is 0 Å². The first-order valence-corrected chi connectivity index (χ1v) is 6.30. The van der Waals surface area contributed by atoms with Crippen molar-refractivity contribution in [2.24, 2.45) is 0 Å². The lowest BCUT2D eigenvalue weighted by Crippen LogP contribution is -2.23. The number of ether oxygens (including phenoxy) is 1. The predicted molar refractivity (Wildman–Crippen MR) is 76.2 cm³/mol. The number of unbranched alkanes of at least 4 members (excludes halogenated alkanes) is 2. The minimum Gasteiger partial charge on any atom is -0.460 e. The monoisotopic (exact) mass is 251 g/mol. The molecular weight excluding hydrogens is 226 g/mol. The van der Waals surface area contributed by atoms with Gasteiger partial charge < -0.3 is 9.64 Å². The molecule has 0 aliphatic rings.